The van der Waals surface area contributed by atoms with Crippen LogP contribution < -0.4 is 4.72 Å². The van der Waals surface area contributed by atoms with Crippen molar-refractivity contribution in [3.8, 4) is 0 Å². The first-order valence-electron chi connectivity index (χ1n) is 6.32. The van der Waals surface area contributed by atoms with Gasteiger partial charge in [0.25, 0.3) is 0 Å². The summed E-state index contributed by atoms with van der Waals surface area (Å²) >= 11 is 0. The number of hydrogen-bond donors (Lipinski definition) is 4. The number of carboxylic acid groups (broad SMARTS) is 1. The van der Waals surface area contributed by atoms with Gasteiger partial charge in [-0.05, 0) is 31.0 Å². The number of aryl methyl sites for hydroxylation is 1. The lowest BCUT2D eigenvalue weighted by atomic mass is 10.1. The number of rotatable bonds is 7. The first-order chi connectivity index (χ1) is 9.63. The maximum Gasteiger partial charge on any atom is 0.336 e. The summed E-state index contributed by atoms with van der Waals surface area (Å²) in [5.41, 5.74) is -1.13. The standard InChI is InChI=1S/C13H19NO6S/c1-3-9-4-5-10(6-11(9)12(16)17)21(19,20)14-7-13(2,18)8-15/h4-6,14-15,18H,3,7-8H2,1-2H3,(H,16,17). The molecule has 0 radical (unpaired) electrons. The molecule has 1 rings (SSSR count). The fourth-order valence-electron chi connectivity index (χ4n) is 1.62. The van der Waals surface area contributed by atoms with E-state index in [-0.39, 0.29) is 17.0 Å². The van der Waals surface area contributed by atoms with E-state index in [9.17, 15) is 18.3 Å². The number of aliphatic hydroxyl groups excluding tert-OH is 1. The third-order valence-electron chi connectivity index (χ3n) is 2.99. The zero-order valence-corrected chi connectivity index (χ0v) is 12.6. The van der Waals surface area contributed by atoms with Crippen LogP contribution in [-0.2, 0) is 16.4 Å². The van der Waals surface area contributed by atoms with Crippen LogP contribution in [0.4, 0.5) is 0 Å². The minimum atomic E-state index is -3.97. The van der Waals surface area contributed by atoms with Crippen molar-refractivity contribution in [3.05, 3.63) is 29.3 Å². The third-order valence-corrected chi connectivity index (χ3v) is 4.39. The number of carbonyl (C=O) groups is 1. The molecule has 0 fully saturated rings. The molecule has 0 heterocycles. The van der Waals surface area contributed by atoms with Crippen molar-refractivity contribution < 1.29 is 28.5 Å². The molecule has 0 saturated carbocycles. The summed E-state index contributed by atoms with van der Waals surface area (Å²) in [6.45, 7) is 2.06. The number of sulfonamides is 1. The Hall–Kier alpha value is -1.48. The minimum Gasteiger partial charge on any atom is -0.478 e. The van der Waals surface area contributed by atoms with Gasteiger partial charge in [-0.2, -0.15) is 0 Å². The van der Waals surface area contributed by atoms with Crippen LogP contribution in [0.1, 0.15) is 29.8 Å². The number of aromatic carboxylic acids is 1. The number of carboxylic acids is 1. The van der Waals surface area contributed by atoms with Gasteiger partial charge in [-0.1, -0.05) is 13.0 Å². The minimum absolute atomic E-state index is 0.0747. The molecule has 0 aliphatic heterocycles. The first-order valence-corrected chi connectivity index (χ1v) is 7.80. The molecular weight excluding hydrogens is 298 g/mol. The lowest BCUT2D eigenvalue weighted by Gasteiger charge is -2.20. The Balaban J connectivity index is 3.09. The molecule has 4 N–H and O–H groups in total. The molecule has 1 unspecified atom stereocenters. The maximum atomic E-state index is 12.1. The fourth-order valence-corrected chi connectivity index (χ4v) is 2.81. The average molecular weight is 317 g/mol. The predicted octanol–water partition coefficient (Wildman–Crippen LogP) is -0.0312. The molecule has 0 saturated heterocycles. The van der Waals surface area contributed by atoms with Crippen molar-refractivity contribution in [2.75, 3.05) is 13.2 Å². The van der Waals surface area contributed by atoms with E-state index in [0.29, 0.717) is 12.0 Å². The van der Waals surface area contributed by atoms with E-state index in [1.54, 1.807) is 6.92 Å². The molecule has 0 bridgehead atoms. The Morgan fingerprint density at radius 3 is 2.48 bits per heavy atom. The lowest BCUT2D eigenvalue weighted by molar-refractivity contribution is 0.00681. The van der Waals surface area contributed by atoms with Crippen LogP contribution in [0.25, 0.3) is 0 Å². The molecule has 21 heavy (non-hydrogen) atoms. The molecule has 0 aliphatic rings. The zero-order valence-electron chi connectivity index (χ0n) is 11.8. The van der Waals surface area contributed by atoms with Crippen LogP contribution in [0, 0.1) is 0 Å². The van der Waals surface area contributed by atoms with E-state index in [2.05, 4.69) is 4.72 Å². The van der Waals surface area contributed by atoms with Crippen molar-refractivity contribution in [2.24, 2.45) is 0 Å². The van der Waals surface area contributed by atoms with Gasteiger partial charge in [0.15, 0.2) is 0 Å². The molecule has 0 aliphatic carbocycles. The van der Waals surface area contributed by atoms with E-state index in [1.807, 2.05) is 0 Å². The highest BCUT2D eigenvalue weighted by Crippen LogP contribution is 2.17. The third kappa shape index (κ3) is 4.50. The maximum absolute atomic E-state index is 12.1. The summed E-state index contributed by atoms with van der Waals surface area (Å²) in [6, 6.07) is 3.83. The molecule has 1 atom stereocenters. The molecule has 0 spiro atoms. The van der Waals surface area contributed by atoms with Crippen molar-refractivity contribution in [2.45, 2.75) is 30.8 Å². The van der Waals surface area contributed by atoms with Gasteiger partial charge in [0.2, 0.25) is 10.0 Å². The predicted molar refractivity (Wildman–Crippen MR) is 75.7 cm³/mol. The van der Waals surface area contributed by atoms with E-state index >= 15 is 0 Å². The van der Waals surface area contributed by atoms with Crippen LogP contribution in [0.5, 0.6) is 0 Å². The van der Waals surface area contributed by atoms with E-state index in [1.165, 1.54) is 19.1 Å². The van der Waals surface area contributed by atoms with E-state index in [4.69, 9.17) is 10.2 Å². The van der Waals surface area contributed by atoms with Gasteiger partial charge in [-0.3, -0.25) is 0 Å². The second-order valence-electron chi connectivity index (χ2n) is 4.96. The highest BCUT2D eigenvalue weighted by Gasteiger charge is 2.24. The summed E-state index contributed by atoms with van der Waals surface area (Å²) in [4.78, 5) is 10.9. The summed E-state index contributed by atoms with van der Waals surface area (Å²) in [5, 5.41) is 27.6. The van der Waals surface area contributed by atoms with Gasteiger partial charge >= 0.3 is 5.97 Å². The Labute approximate surface area is 123 Å². The Bertz CT molecular complexity index is 624. The second-order valence-corrected chi connectivity index (χ2v) is 6.72. The zero-order chi connectivity index (χ0) is 16.3. The average Bonchev–Trinajstić information content (AvgIpc) is 2.44. The molecule has 0 aromatic heterocycles. The van der Waals surface area contributed by atoms with E-state index < -0.39 is 28.2 Å². The smallest absolute Gasteiger partial charge is 0.336 e. The number of aliphatic hydroxyl groups is 2. The van der Waals surface area contributed by atoms with Crippen LogP contribution in [0.2, 0.25) is 0 Å². The molecule has 118 valence electrons. The van der Waals surface area contributed by atoms with Gasteiger partial charge in [0.05, 0.1) is 22.7 Å². The SMILES string of the molecule is CCc1ccc(S(=O)(=O)NCC(C)(O)CO)cc1C(=O)O. The fraction of sp³-hybridized carbons (Fsp3) is 0.462. The van der Waals surface area contributed by atoms with Crippen LogP contribution in [-0.4, -0.2) is 48.5 Å². The molecule has 1 aromatic carbocycles. The Morgan fingerprint density at radius 2 is 2.00 bits per heavy atom. The normalized spacial score (nSPS) is 14.7. The number of benzene rings is 1. The summed E-state index contributed by atoms with van der Waals surface area (Å²) in [7, 11) is -3.97. The van der Waals surface area contributed by atoms with Gasteiger partial charge in [-0.25, -0.2) is 17.9 Å². The van der Waals surface area contributed by atoms with Crippen molar-refractivity contribution in [3.63, 3.8) is 0 Å². The molecule has 8 heteroatoms. The highest BCUT2D eigenvalue weighted by molar-refractivity contribution is 7.89. The number of hydrogen-bond acceptors (Lipinski definition) is 5. The summed E-state index contributed by atoms with van der Waals surface area (Å²) in [5.74, 6) is -1.20. The van der Waals surface area contributed by atoms with Crippen molar-refractivity contribution in [1.82, 2.24) is 4.72 Å². The summed E-state index contributed by atoms with van der Waals surface area (Å²) in [6.07, 6.45) is 0.467. The van der Waals surface area contributed by atoms with Gasteiger partial charge < -0.3 is 15.3 Å². The monoisotopic (exact) mass is 317 g/mol. The second kappa shape index (κ2) is 6.52. The van der Waals surface area contributed by atoms with Gasteiger partial charge in [-0.15, -0.1) is 0 Å². The highest BCUT2D eigenvalue weighted by atomic mass is 32.2. The molecular formula is C13H19NO6S. The molecule has 1 aromatic rings. The number of nitrogens with one attached hydrogen (secondary N) is 1. The van der Waals surface area contributed by atoms with Crippen molar-refractivity contribution >= 4 is 16.0 Å². The topological polar surface area (TPSA) is 124 Å². The Kier molecular flexibility index (Phi) is 5.46. The van der Waals surface area contributed by atoms with Crippen LogP contribution in [0.3, 0.4) is 0 Å². The molecule has 0 amide bonds. The van der Waals surface area contributed by atoms with Gasteiger partial charge in [0, 0.05) is 6.54 Å². The largest absolute Gasteiger partial charge is 0.478 e. The summed E-state index contributed by atoms with van der Waals surface area (Å²) < 4.78 is 26.3. The van der Waals surface area contributed by atoms with Gasteiger partial charge in [0.1, 0.15) is 0 Å². The Morgan fingerprint density at radius 1 is 1.38 bits per heavy atom. The van der Waals surface area contributed by atoms with Crippen LogP contribution >= 0.6 is 0 Å². The van der Waals surface area contributed by atoms with Crippen molar-refractivity contribution in [1.29, 1.82) is 0 Å². The quantitative estimate of drug-likeness (QED) is 0.560. The van der Waals surface area contributed by atoms with E-state index in [0.717, 1.165) is 6.07 Å². The van der Waals surface area contributed by atoms with Crippen LogP contribution in [0.15, 0.2) is 23.1 Å². The molecule has 7 nitrogen and oxygen atoms in total. The lowest BCUT2D eigenvalue weighted by Crippen LogP contribution is -2.43. The first kappa shape index (κ1) is 17.6.